The number of aliphatic hydroxyl groups excluding tert-OH is 1. The van der Waals surface area contributed by atoms with Crippen LogP contribution < -0.4 is 0 Å². The van der Waals surface area contributed by atoms with Gasteiger partial charge in [-0.05, 0) is 49.4 Å². The van der Waals surface area contributed by atoms with E-state index in [9.17, 15) is 43.2 Å². The molecule has 0 bridgehead atoms. The third-order valence-electron chi connectivity index (χ3n) is 16.9. The number of esters is 4. The van der Waals surface area contributed by atoms with E-state index in [0.29, 0.717) is 31.6 Å². The van der Waals surface area contributed by atoms with Gasteiger partial charge >= 0.3 is 39.5 Å². The predicted molar refractivity (Wildman–Crippen MR) is 367 cm³/mol. The maximum atomic E-state index is 13.0. The first kappa shape index (κ1) is 89.1. The number of hydrogen-bond donors (Lipinski definition) is 3. The minimum atomic E-state index is -4.95. The maximum absolute atomic E-state index is 13.0. The van der Waals surface area contributed by atoms with Gasteiger partial charge in [0.05, 0.1) is 26.4 Å². The molecule has 0 saturated carbocycles. The van der Waals surface area contributed by atoms with Gasteiger partial charge in [0.15, 0.2) is 12.2 Å². The van der Waals surface area contributed by atoms with Crippen LogP contribution in [-0.2, 0) is 65.4 Å². The van der Waals surface area contributed by atoms with Gasteiger partial charge in [-0.25, -0.2) is 9.13 Å². The van der Waals surface area contributed by atoms with Gasteiger partial charge in [-0.2, -0.15) is 0 Å². The van der Waals surface area contributed by atoms with Gasteiger partial charge in [0.1, 0.15) is 19.3 Å². The molecule has 0 rings (SSSR count). The first-order valence-corrected chi connectivity index (χ1v) is 40.2. The minimum absolute atomic E-state index is 0.102. The normalized spacial score (nSPS) is 14.5. The van der Waals surface area contributed by atoms with E-state index in [1.807, 2.05) is 0 Å². The van der Waals surface area contributed by atoms with Crippen molar-refractivity contribution in [1.82, 2.24) is 0 Å². The Hall–Kier alpha value is -1.94. The van der Waals surface area contributed by atoms with Crippen LogP contribution in [0.3, 0.4) is 0 Å². The Kier molecular flexibility index (Phi) is 60.3. The molecule has 91 heavy (non-hydrogen) atoms. The highest BCUT2D eigenvalue weighted by Crippen LogP contribution is 2.45. The number of aliphatic hydroxyl groups is 1. The van der Waals surface area contributed by atoms with E-state index in [1.54, 1.807) is 0 Å². The highest BCUT2D eigenvalue weighted by Gasteiger charge is 2.30. The van der Waals surface area contributed by atoms with Gasteiger partial charge in [-0.3, -0.25) is 37.3 Å². The summed E-state index contributed by atoms with van der Waals surface area (Å²) in [6, 6.07) is 0. The van der Waals surface area contributed by atoms with Gasteiger partial charge in [-0.15, -0.1) is 0 Å². The molecule has 0 aliphatic heterocycles. The lowest BCUT2D eigenvalue weighted by Gasteiger charge is -2.21. The van der Waals surface area contributed by atoms with Crippen molar-refractivity contribution in [3.63, 3.8) is 0 Å². The highest BCUT2D eigenvalue weighted by atomic mass is 31.2. The van der Waals surface area contributed by atoms with E-state index in [0.717, 1.165) is 114 Å². The molecule has 0 aromatic heterocycles. The summed E-state index contributed by atoms with van der Waals surface area (Å²) in [6.07, 6.45) is 44.7. The fourth-order valence-corrected chi connectivity index (χ4v) is 12.4. The van der Waals surface area contributed by atoms with Crippen molar-refractivity contribution in [2.45, 2.75) is 375 Å². The summed E-state index contributed by atoms with van der Waals surface area (Å²) in [4.78, 5) is 72.5. The summed E-state index contributed by atoms with van der Waals surface area (Å²) >= 11 is 0. The second-order valence-electron chi connectivity index (χ2n) is 27.6. The van der Waals surface area contributed by atoms with Crippen LogP contribution in [0.15, 0.2) is 0 Å². The van der Waals surface area contributed by atoms with Crippen LogP contribution in [0.25, 0.3) is 0 Å². The SMILES string of the molecule is CCC(C)CCCCCCCCC(=O)O[C@H](COC(=O)CCCCCCCCCCCCC(C)C)COP(=O)(O)OCC(O)COP(=O)(O)OC[C@@H](COC(=O)CCCCCCCCC(C)C)OC(=O)CCCCCCCCCCCCCCCCCCC(C)C. The number of hydrogen-bond acceptors (Lipinski definition) is 15. The van der Waals surface area contributed by atoms with E-state index in [4.69, 9.17) is 37.0 Å². The minimum Gasteiger partial charge on any atom is -0.462 e. The van der Waals surface area contributed by atoms with Gasteiger partial charge in [0.2, 0.25) is 0 Å². The maximum Gasteiger partial charge on any atom is 0.472 e. The summed E-state index contributed by atoms with van der Waals surface area (Å²) in [6.45, 7) is 14.1. The molecule has 0 aliphatic carbocycles. The van der Waals surface area contributed by atoms with Crippen LogP contribution in [0, 0.1) is 23.7 Å². The predicted octanol–water partition coefficient (Wildman–Crippen LogP) is 20.5. The average molecular weight is 1340 g/mol. The summed E-state index contributed by atoms with van der Waals surface area (Å²) in [5.74, 6) is 0.836. The van der Waals surface area contributed by atoms with Crippen molar-refractivity contribution in [3.05, 3.63) is 0 Å². The lowest BCUT2D eigenvalue weighted by atomic mass is 10.00. The van der Waals surface area contributed by atoms with Gasteiger partial charge in [-0.1, -0.05) is 306 Å². The van der Waals surface area contributed by atoms with Crippen molar-refractivity contribution in [3.8, 4) is 0 Å². The van der Waals surface area contributed by atoms with Crippen LogP contribution in [0.1, 0.15) is 357 Å². The molecular weight excluding hydrogens is 1200 g/mol. The first-order valence-electron chi connectivity index (χ1n) is 37.2. The van der Waals surface area contributed by atoms with Crippen LogP contribution in [0.4, 0.5) is 0 Å². The Morgan fingerprint density at radius 3 is 0.780 bits per heavy atom. The standard InChI is InChI=1S/C72H140O17P2/c1-9-65(8)51-43-35-29-31-39-47-55-72(77)89-68(58-82-69(74)52-44-36-26-22-19-18-21-25-33-41-49-63(4)5)61-87-91(80,81)85-57-66(73)56-84-90(78,79)86-60-67(59-83-70(75)53-45-37-30-28-34-42-50-64(6)7)88-71(76)54-46-38-27-23-17-15-13-11-10-12-14-16-20-24-32-40-48-62(2)3/h62-68,73H,9-61H2,1-8H3,(H,78,79)(H,80,81)/t65?,66?,67-,68-/m1/s1. The molecule has 4 unspecified atom stereocenters. The van der Waals surface area contributed by atoms with E-state index in [2.05, 4.69) is 55.4 Å². The second kappa shape index (κ2) is 61.6. The molecule has 540 valence electrons. The van der Waals surface area contributed by atoms with Crippen LogP contribution in [0.2, 0.25) is 0 Å². The smallest absolute Gasteiger partial charge is 0.462 e. The zero-order chi connectivity index (χ0) is 67.5. The Labute approximate surface area is 556 Å². The number of phosphoric acid groups is 2. The lowest BCUT2D eigenvalue weighted by molar-refractivity contribution is -0.161. The molecule has 0 aliphatic rings. The fourth-order valence-electron chi connectivity index (χ4n) is 10.8. The molecule has 0 amide bonds. The highest BCUT2D eigenvalue weighted by molar-refractivity contribution is 7.47. The molecule has 17 nitrogen and oxygen atoms in total. The zero-order valence-electron chi connectivity index (χ0n) is 59.5. The Morgan fingerprint density at radius 1 is 0.308 bits per heavy atom. The topological polar surface area (TPSA) is 237 Å². The molecule has 19 heteroatoms. The van der Waals surface area contributed by atoms with Crippen molar-refractivity contribution in [1.29, 1.82) is 0 Å². The molecule has 0 heterocycles. The van der Waals surface area contributed by atoms with Crippen molar-refractivity contribution < 1.29 is 80.2 Å². The third-order valence-corrected chi connectivity index (χ3v) is 18.8. The van der Waals surface area contributed by atoms with Crippen molar-refractivity contribution in [2.24, 2.45) is 23.7 Å². The summed E-state index contributed by atoms with van der Waals surface area (Å²) in [7, 11) is -9.90. The Morgan fingerprint density at radius 2 is 0.527 bits per heavy atom. The zero-order valence-corrected chi connectivity index (χ0v) is 61.3. The summed E-state index contributed by atoms with van der Waals surface area (Å²) in [5, 5.41) is 10.6. The molecule has 0 saturated heterocycles. The molecule has 6 atom stereocenters. The molecule has 0 aromatic carbocycles. The molecule has 0 aromatic rings. The number of unbranched alkanes of at least 4 members (excludes halogenated alkanes) is 34. The van der Waals surface area contributed by atoms with Crippen LogP contribution in [0.5, 0.6) is 0 Å². The molecule has 0 spiro atoms. The summed E-state index contributed by atoms with van der Waals surface area (Å²) in [5.41, 5.74) is 0. The van der Waals surface area contributed by atoms with Crippen LogP contribution in [-0.4, -0.2) is 96.7 Å². The van der Waals surface area contributed by atoms with E-state index < -0.39 is 97.5 Å². The second-order valence-corrected chi connectivity index (χ2v) is 30.6. The number of carbonyl (C=O) groups is 4. The average Bonchev–Trinajstić information content (AvgIpc) is 3.70. The van der Waals surface area contributed by atoms with Crippen molar-refractivity contribution >= 4 is 39.5 Å². The number of carbonyl (C=O) groups excluding carboxylic acids is 4. The number of ether oxygens (including phenoxy) is 4. The van der Waals surface area contributed by atoms with E-state index >= 15 is 0 Å². The van der Waals surface area contributed by atoms with E-state index in [-0.39, 0.29) is 25.7 Å². The van der Waals surface area contributed by atoms with E-state index in [1.165, 1.54) is 154 Å². The first-order chi connectivity index (χ1) is 43.6. The quantitative estimate of drug-likeness (QED) is 0.0222. The Bertz CT molecular complexity index is 1800. The monoisotopic (exact) mass is 1340 g/mol. The number of phosphoric ester groups is 2. The Balaban J connectivity index is 5.18. The number of rotatable bonds is 69. The molecular formula is C72H140O17P2. The van der Waals surface area contributed by atoms with Gasteiger partial charge < -0.3 is 33.8 Å². The summed E-state index contributed by atoms with van der Waals surface area (Å²) < 4.78 is 68.3. The molecule has 0 radical (unpaired) electrons. The van der Waals surface area contributed by atoms with Gasteiger partial charge in [0.25, 0.3) is 0 Å². The largest absolute Gasteiger partial charge is 0.472 e. The van der Waals surface area contributed by atoms with Crippen LogP contribution >= 0.6 is 15.6 Å². The van der Waals surface area contributed by atoms with Gasteiger partial charge in [0, 0.05) is 25.7 Å². The molecule has 3 N–H and O–H groups in total. The molecule has 0 fully saturated rings. The lowest BCUT2D eigenvalue weighted by Crippen LogP contribution is -2.30. The fraction of sp³-hybridized carbons (Fsp3) is 0.944. The van der Waals surface area contributed by atoms with Crippen molar-refractivity contribution in [2.75, 3.05) is 39.6 Å². The third kappa shape index (κ3) is 65.1.